The quantitative estimate of drug-likeness (QED) is 0.702. The van der Waals surface area contributed by atoms with Crippen molar-refractivity contribution in [3.63, 3.8) is 0 Å². The topological polar surface area (TPSA) is 61.5 Å². The van der Waals surface area contributed by atoms with Gasteiger partial charge in [0.2, 0.25) is 11.9 Å². The van der Waals surface area contributed by atoms with Crippen LogP contribution in [0.15, 0.2) is 48.5 Å². The van der Waals surface area contributed by atoms with E-state index < -0.39 is 5.41 Å². The number of hydrogen-bond donors (Lipinski definition) is 1. The molecule has 1 amide bonds. The SMILES string of the molecule is O=C(N1CCCN(c2nc3ccccc3[nH]2)CC1)C1(c2cccc(F)c2)CCOCC1. The van der Waals surface area contributed by atoms with Gasteiger partial charge in [0.25, 0.3) is 0 Å². The number of para-hydroxylation sites is 2. The number of H-pyrrole nitrogens is 1. The molecule has 0 radical (unpaired) electrons. The van der Waals surface area contributed by atoms with Crippen LogP contribution in [0.25, 0.3) is 11.0 Å². The van der Waals surface area contributed by atoms with Crippen molar-refractivity contribution < 1.29 is 13.9 Å². The highest BCUT2D eigenvalue weighted by atomic mass is 19.1. The summed E-state index contributed by atoms with van der Waals surface area (Å²) in [6.07, 6.45) is 2.02. The Morgan fingerprint density at radius 1 is 1.03 bits per heavy atom. The van der Waals surface area contributed by atoms with Gasteiger partial charge < -0.3 is 19.5 Å². The maximum Gasteiger partial charge on any atom is 0.233 e. The standard InChI is InChI=1S/C24H27FN4O2/c25-19-6-3-5-18(17-19)24(9-15-31-16-10-24)22(30)28-11-4-12-29(14-13-28)23-26-20-7-1-2-8-21(20)27-23/h1-3,5-8,17H,4,9-16H2,(H,26,27). The molecule has 0 bridgehead atoms. The largest absolute Gasteiger partial charge is 0.381 e. The van der Waals surface area contributed by atoms with Gasteiger partial charge in [0, 0.05) is 39.4 Å². The highest BCUT2D eigenvalue weighted by molar-refractivity contribution is 5.88. The lowest BCUT2D eigenvalue weighted by atomic mass is 9.73. The third-order valence-electron chi connectivity index (χ3n) is 6.59. The van der Waals surface area contributed by atoms with Gasteiger partial charge in [0.15, 0.2) is 0 Å². The van der Waals surface area contributed by atoms with E-state index in [2.05, 4.69) is 9.88 Å². The first kappa shape index (κ1) is 20.0. The van der Waals surface area contributed by atoms with Crippen molar-refractivity contribution in [2.75, 3.05) is 44.3 Å². The Bertz CT molecular complexity index is 1040. The molecule has 162 valence electrons. The summed E-state index contributed by atoms with van der Waals surface area (Å²) in [5, 5.41) is 0. The lowest BCUT2D eigenvalue weighted by Gasteiger charge is -2.40. The Morgan fingerprint density at radius 2 is 1.87 bits per heavy atom. The van der Waals surface area contributed by atoms with Crippen molar-refractivity contribution in [3.05, 3.63) is 59.9 Å². The minimum atomic E-state index is -0.713. The second-order valence-electron chi connectivity index (χ2n) is 8.42. The molecule has 7 heteroatoms. The Kier molecular flexibility index (Phi) is 5.36. The Balaban J connectivity index is 1.37. The van der Waals surface area contributed by atoms with E-state index in [1.54, 1.807) is 6.07 Å². The highest BCUT2D eigenvalue weighted by Crippen LogP contribution is 2.37. The van der Waals surface area contributed by atoms with Gasteiger partial charge in [0.1, 0.15) is 5.82 Å². The Morgan fingerprint density at radius 3 is 2.68 bits per heavy atom. The monoisotopic (exact) mass is 422 g/mol. The minimum Gasteiger partial charge on any atom is -0.381 e. The Labute approximate surface area is 181 Å². The lowest BCUT2D eigenvalue weighted by Crippen LogP contribution is -2.51. The van der Waals surface area contributed by atoms with E-state index >= 15 is 0 Å². The molecule has 0 aliphatic carbocycles. The van der Waals surface area contributed by atoms with E-state index in [9.17, 15) is 9.18 Å². The van der Waals surface area contributed by atoms with Crippen LogP contribution < -0.4 is 4.90 Å². The second-order valence-corrected chi connectivity index (χ2v) is 8.42. The van der Waals surface area contributed by atoms with Gasteiger partial charge in [-0.2, -0.15) is 0 Å². The molecule has 3 aromatic rings. The van der Waals surface area contributed by atoms with Crippen LogP contribution in [-0.2, 0) is 14.9 Å². The number of benzene rings is 2. The number of amides is 1. The van der Waals surface area contributed by atoms with E-state index in [0.717, 1.165) is 35.5 Å². The minimum absolute atomic E-state index is 0.0906. The number of anilines is 1. The van der Waals surface area contributed by atoms with Crippen molar-refractivity contribution in [1.82, 2.24) is 14.9 Å². The molecule has 2 fully saturated rings. The number of ether oxygens (including phenoxy) is 1. The van der Waals surface area contributed by atoms with Crippen LogP contribution in [-0.4, -0.2) is 60.2 Å². The molecule has 0 spiro atoms. The number of hydrogen-bond acceptors (Lipinski definition) is 4. The van der Waals surface area contributed by atoms with Crippen molar-refractivity contribution in [2.24, 2.45) is 0 Å². The van der Waals surface area contributed by atoms with E-state index in [0.29, 0.717) is 45.7 Å². The molecule has 0 atom stereocenters. The van der Waals surface area contributed by atoms with Crippen LogP contribution in [0.2, 0.25) is 0 Å². The number of aromatic amines is 1. The van der Waals surface area contributed by atoms with Crippen molar-refractivity contribution >= 4 is 22.9 Å². The molecule has 2 aromatic carbocycles. The molecule has 6 nitrogen and oxygen atoms in total. The van der Waals surface area contributed by atoms with Crippen LogP contribution in [0.5, 0.6) is 0 Å². The number of nitrogens with one attached hydrogen (secondary N) is 1. The molecular formula is C24H27FN4O2. The van der Waals surface area contributed by atoms with E-state index in [-0.39, 0.29) is 11.7 Å². The number of imidazole rings is 1. The lowest BCUT2D eigenvalue weighted by molar-refractivity contribution is -0.141. The molecule has 31 heavy (non-hydrogen) atoms. The van der Waals surface area contributed by atoms with Crippen LogP contribution in [0.3, 0.4) is 0 Å². The fourth-order valence-electron chi connectivity index (χ4n) is 4.86. The van der Waals surface area contributed by atoms with Crippen molar-refractivity contribution in [2.45, 2.75) is 24.7 Å². The van der Waals surface area contributed by atoms with Gasteiger partial charge in [-0.25, -0.2) is 9.37 Å². The number of fused-ring (bicyclic) bond motifs is 1. The van der Waals surface area contributed by atoms with Crippen LogP contribution in [0, 0.1) is 5.82 Å². The number of nitrogens with zero attached hydrogens (tertiary/aromatic N) is 3. The van der Waals surface area contributed by atoms with Crippen LogP contribution in [0.4, 0.5) is 10.3 Å². The number of halogens is 1. The summed E-state index contributed by atoms with van der Waals surface area (Å²) in [5.41, 5.74) is 2.01. The first-order chi connectivity index (χ1) is 15.2. The third kappa shape index (κ3) is 3.78. The predicted molar refractivity (Wildman–Crippen MR) is 118 cm³/mol. The molecular weight excluding hydrogens is 395 g/mol. The molecule has 3 heterocycles. The third-order valence-corrected chi connectivity index (χ3v) is 6.59. The van der Waals surface area contributed by atoms with Crippen LogP contribution >= 0.6 is 0 Å². The summed E-state index contributed by atoms with van der Waals surface area (Å²) in [6, 6.07) is 14.5. The normalized spacial score (nSPS) is 19.4. The summed E-state index contributed by atoms with van der Waals surface area (Å²) < 4.78 is 19.6. The molecule has 0 unspecified atom stereocenters. The van der Waals surface area contributed by atoms with Crippen molar-refractivity contribution in [1.29, 1.82) is 0 Å². The van der Waals surface area contributed by atoms with E-state index in [4.69, 9.17) is 9.72 Å². The first-order valence-corrected chi connectivity index (χ1v) is 11.0. The molecule has 2 saturated heterocycles. The zero-order valence-electron chi connectivity index (χ0n) is 17.5. The smallest absolute Gasteiger partial charge is 0.233 e. The highest BCUT2D eigenvalue weighted by Gasteiger charge is 2.44. The number of carbonyl (C=O) groups is 1. The van der Waals surface area contributed by atoms with Crippen LogP contribution in [0.1, 0.15) is 24.8 Å². The average molecular weight is 423 g/mol. The second kappa shape index (κ2) is 8.30. The maximum absolute atomic E-state index is 14.0. The number of carbonyl (C=O) groups excluding carboxylic acids is 1. The summed E-state index contributed by atoms with van der Waals surface area (Å²) in [6.45, 7) is 3.88. The Hall–Kier alpha value is -2.93. The molecule has 2 aliphatic heterocycles. The summed E-state index contributed by atoms with van der Waals surface area (Å²) in [7, 11) is 0. The van der Waals surface area contributed by atoms with Gasteiger partial charge in [-0.05, 0) is 49.1 Å². The summed E-state index contributed by atoms with van der Waals surface area (Å²) >= 11 is 0. The zero-order chi connectivity index (χ0) is 21.3. The van der Waals surface area contributed by atoms with Gasteiger partial charge in [0.05, 0.1) is 16.4 Å². The first-order valence-electron chi connectivity index (χ1n) is 11.0. The maximum atomic E-state index is 14.0. The summed E-state index contributed by atoms with van der Waals surface area (Å²) in [5.74, 6) is 0.636. The van der Waals surface area contributed by atoms with Gasteiger partial charge >= 0.3 is 0 Å². The fourth-order valence-corrected chi connectivity index (χ4v) is 4.86. The summed E-state index contributed by atoms with van der Waals surface area (Å²) in [4.78, 5) is 26.1. The molecule has 2 aliphatic rings. The predicted octanol–water partition coefficient (Wildman–Crippen LogP) is 3.49. The van der Waals surface area contributed by atoms with E-state index in [1.165, 1.54) is 12.1 Å². The fraction of sp³-hybridized carbons (Fsp3) is 0.417. The molecule has 0 saturated carbocycles. The van der Waals surface area contributed by atoms with E-state index in [1.807, 2.05) is 35.2 Å². The molecule has 5 rings (SSSR count). The number of aromatic nitrogens is 2. The zero-order valence-corrected chi connectivity index (χ0v) is 17.5. The van der Waals surface area contributed by atoms with Gasteiger partial charge in [-0.3, -0.25) is 4.79 Å². The van der Waals surface area contributed by atoms with Gasteiger partial charge in [-0.15, -0.1) is 0 Å². The van der Waals surface area contributed by atoms with Crippen molar-refractivity contribution in [3.8, 4) is 0 Å². The van der Waals surface area contributed by atoms with Gasteiger partial charge in [-0.1, -0.05) is 24.3 Å². The average Bonchev–Trinajstić information content (AvgIpc) is 3.08. The number of rotatable bonds is 3. The molecule has 1 aromatic heterocycles. The molecule has 1 N–H and O–H groups in total.